The molecule has 0 bridgehead atoms. The van der Waals surface area contributed by atoms with Crippen molar-refractivity contribution in [3.8, 4) is 0 Å². The first-order valence-corrected chi connectivity index (χ1v) is 9.06. The number of hydrogen-bond donors (Lipinski definition) is 3. The number of benzene rings is 2. The molecule has 3 N–H and O–H groups in total. The molecule has 3 amide bonds. The van der Waals surface area contributed by atoms with Crippen molar-refractivity contribution < 1.29 is 9.59 Å². The van der Waals surface area contributed by atoms with Crippen molar-refractivity contribution in [3.05, 3.63) is 89.7 Å². The van der Waals surface area contributed by atoms with Crippen molar-refractivity contribution >= 4 is 11.9 Å². The summed E-state index contributed by atoms with van der Waals surface area (Å²) in [6, 6.07) is 19.0. The first-order valence-electron chi connectivity index (χ1n) is 9.06. The molecule has 1 heterocycles. The fourth-order valence-corrected chi connectivity index (χ4v) is 2.68. The Labute approximate surface area is 163 Å². The van der Waals surface area contributed by atoms with Crippen molar-refractivity contribution in [1.29, 1.82) is 0 Å². The number of nitrogens with one attached hydrogen (secondary N) is 3. The average molecular weight is 377 g/mol. The largest absolute Gasteiger partial charge is 0.350 e. The van der Waals surface area contributed by atoms with Gasteiger partial charge in [0.05, 0.1) is 13.1 Å². The van der Waals surface area contributed by atoms with Gasteiger partial charge in [0.1, 0.15) is 0 Å². The monoisotopic (exact) mass is 377 g/mol. The Morgan fingerprint density at radius 1 is 0.821 bits per heavy atom. The molecule has 0 spiro atoms. The van der Waals surface area contributed by atoms with Gasteiger partial charge in [0.25, 0.3) is 0 Å². The molecule has 2 aromatic carbocycles. The molecule has 0 saturated carbocycles. The van der Waals surface area contributed by atoms with E-state index in [2.05, 4.69) is 21.0 Å². The van der Waals surface area contributed by atoms with Crippen LogP contribution in [0, 0.1) is 0 Å². The van der Waals surface area contributed by atoms with Crippen molar-refractivity contribution in [2.24, 2.45) is 0 Å². The second-order valence-electron chi connectivity index (χ2n) is 6.32. The lowest BCUT2D eigenvalue weighted by Gasteiger charge is -2.10. The topological polar surface area (TPSA) is 88.1 Å². The summed E-state index contributed by atoms with van der Waals surface area (Å²) in [4.78, 5) is 23.7. The van der Waals surface area contributed by atoms with Crippen LogP contribution >= 0.6 is 0 Å². The standard InChI is InChI=1S/C21H23N5O2/c27-20(22-13-17-6-2-1-3-7-17)15-24-21(28)23-14-18-8-4-9-19(12-18)16-26-11-5-10-25-26/h1-12H,13-16H2,(H,22,27)(H2,23,24,28). The van der Waals surface area contributed by atoms with Gasteiger partial charge in [-0.3, -0.25) is 9.48 Å². The van der Waals surface area contributed by atoms with Crippen LogP contribution in [0.15, 0.2) is 73.1 Å². The normalized spacial score (nSPS) is 10.3. The highest BCUT2D eigenvalue weighted by Crippen LogP contribution is 2.07. The lowest BCUT2D eigenvalue weighted by atomic mass is 10.1. The van der Waals surface area contributed by atoms with Gasteiger partial charge >= 0.3 is 6.03 Å². The summed E-state index contributed by atoms with van der Waals surface area (Å²) in [6.45, 7) is 1.42. The van der Waals surface area contributed by atoms with Crippen LogP contribution in [0.25, 0.3) is 0 Å². The predicted molar refractivity (Wildman–Crippen MR) is 106 cm³/mol. The van der Waals surface area contributed by atoms with Crippen molar-refractivity contribution in [2.75, 3.05) is 6.54 Å². The lowest BCUT2D eigenvalue weighted by molar-refractivity contribution is -0.120. The summed E-state index contributed by atoms with van der Waals surface area (Å²) in [5, 5.41) is 12.3. The molecule has 7 heteroatoms. The van der Waals surface area contributed by atoms with E-state index in [1.165, 1.54) is 0 Å². The molecule has 0 fully saturated rings. The van der Waals surface area contributed by atoms with Crippen LogP contribution in [-0.2, 0) is 24.4 Å². The summed E-state index contributed by atoms with van der Waals surface area (Å²) < 4.78 is 1.84. The molecule has 28 heavy (non-hydrogen) atoms. The molecular formula is C21H23N5O2. The third-order valence-electron chi connectivity index (χ3n) is 4.09. The van der Waals surface area contributed by atoms with Crippen LogP contribution in [0.1, 0.15) is 16.7 Å². The van der Waals surface area contributed by atoms with Crippen LogP contribution in [0.4, 0.5) is 4.79 Å². The molecule has 0 aliphatic carbocycles. The van der Waals surface area contributed by atoms with Crippen molar-refractivity contribution in [2.45, 2.75) is 19.6 Å². The van der Waals surface area contributed by atoms with Crippen LogP contribution < -0.4 is 16.0 Å². The Morgan fingerprint density at radius 3 is 2.36 bits per heavy atom. The molecule has 3 aromatic rings. The number of rotatable bonds is 8. The highest BCUT2D eigenvalue weighted by Gasteiger charge is 2.05. The summed E-state index contributed by atoms with van der Waals surface area (Å²) in [6.07, 6.45) is 3.65. The van der Waals surface area contributed by atoms with E-state index in [-0.39, 0.29) is 18.5 Å². The van der Waals surface area contributed by atoms with Crippen molar-refractivity contribution in [1.82, 2.24) is 25.7 Å². The Morgan fingerprint density at radius 2 is 1.57 bits per heavy atom. The fraction of sp³-hybridized carbons (Fsp3) is 0.190. The second-order valence-corrected chi connectivity index (χ2v) is 6.32. The molecule has 0 saturated heterocycles. The number of nitrogens with zero attached hydrogens (tertiary/aromatic N) is 2. The molecule has 144 valence electrons. The minimum atomic E-state index is -0.382. The van der Waals surface area contributed by atoms with Crippen LogP contribution in [0.5, 0.6) is 0 Å². The first-order chi connectivity index (χ1) is 13.7. The highest BCUT2D eigenvalue weighted by atomic mass is 16.2. The second kappa shape index (κ2) is 9.91. The fourth-order valence-electron chi connectivity index (χ4n) is 2.68. The van der Waals surface area contributed by atoms with Crippen LogP contribution in [0.3, 0.4) is 0 Å². The average Bonchev–Trinajstić information content (AvgIpc) is 3.23. The molecule has 0 radical (unpaired) electrons. The van der Waals surface area contributed by atoms with E-state index in [1.807, 2.05) is 71.5 Å². The lowest BCUT2D eigenvalue weighted by Crippen LogP contribution is -2.41. The van der Waals surface area contributed by atoms with Crippen LogP contribution in [-0.4, -0.2) is 28.3 Å². The van der Waals surface area contributed by atoms with Gasteiger partial charge in [-0.2, -0.15) is 5.10 Å². The number of aromatic nitrogens is 2. The number of hydrogen-bond acceptors (Lipinski definition) is 3. The number of carbonyl (C=O) groups excluding carboxylic acids is 2. The Hall–Kier alpha value is -3.61. The Balaban J connectivity index is 1.37. The minimum absolute atomic E-state index is 0.0714. The van der Waals surface area contributed by atoms with Gasteiger partial charge in [-0.25, -0.2) is 4.79 Å². The minimum Gasteiger partial charge on any atom is -0.350 e. The SMILES string of the molecule is O=C(CNC(=O)NCc1cccc(Cn2cccn2)c1)NCc1ccccc1. The maximum absolute atomic E-state index is 11.9. The predicted octanol–water partition coefficient (Wildman–Crippen LogP) is 2.05. The van der Waals surface area contributed by atoms with E-state index in [9.17, 15) is 9.59 Å². The molecular weight excluding hydrogens is 354 g/mol. The summed E-state index contributed by atoms with van der Waals surface area (Å²) in [7, 11) is 0. The van der Waals surface area contributed by atoms with Gasteiger partial charge in [0.2, 0.25) is 5.91 Å². The molecule has 0 aliphatic heterocycles. The number of carbonyl (C=O) groups is 2. The Bertz CT molecular complexity index is 894. The van der Waals surface area contributed by atoms with E-state index in [0.717, 1.165) is 16.7 Å². The molecule has 3 rings (SSSR count). The summed E-state index contributed by atoms with van der Waals surface area (Å²) in [5.74, 6) is -0.236. The molecule has 7 nitrogen and oxygen atoms in total. The Kier molecular flexibility index (Phi) is 6.78. The van der Waals surface area contributed by atoms with E-state index >= 15 is 0 Å². The molecule has 0 aliphatic rings. The quantitative estimate of drug-likeness (QED) is 0.561. The zero-order valence-corrected chi connectivity index (χ0v) is 15.5. The maximum atomic E-state index is 11.9. The van der Waals surface area contributed by atoms with Gasteiger partial charge in [0, 0.05) is 25.5 Å². The van der Waals surface area contributed by atoms with Crippen LogP contribution in [0.2, 0.25) is 0 Å². The van der Waals surface area contributed by atoms with Crippen molar-refractivity contribution in [3.63, 3.8) is 0 Å². The zero-order valence-electron chi connectivity index (χ0n) is 15.5. The van der Waals surface area contributed by atoms with Gasteiger partial charge in [-0.05, 0) is 22.8 Å². The molecule has 0 unspecified atom stereocenters. The van der Waals surface area contributed by atoms with E-state index in [0.29, 0.717) is 19.6 Å². The third-order valence-corrected chi connectivity index (χ3v) is 4.09. The number of amides is 3. The van der Waals surface area contributed by atoms with Gasteiger partial charge in [-0.15, -0.1) is 0 Å². The summed E-state index contributed by atoms with van der Waals surface area (Å²) >= 11 is 0. The molecule has 1 aromatic heterocycles. The third kappa shape index (κ3) is 6.28. The van der Waals surface area contributed by atoms with Gasteiger partial charge < -0.3 is 16.0 Å². The number of urea groups is 1. The smallest absolute Gasteiger partial charge is 0.315 e. The van der Waals surface area contributed by atoms with E-state index in [4.69, 9.17) is 0 Å². The van der Waals surface area contributed by atoms with E-state index < -0.39 is 0 Å². The highest BCUT2D eigenvalue weighted by molar-refractivity contribution is 5.83. The van der Waals surface area contributed by atoms with E-state index in [1.54, 1.807) is 6.20 Å². The first kappa shape index (κ1) is 19.2. The van der Waals surface area contributed by atoms with Gasteiger partial charge in [-0.1, -0.05) is 54.6 Å². The maximum Gasteiger partial charge on any atom is 0.315 e. The summed E-state index contributed by atoms with van der Waals surface area (Å²) in [5.41, 5.74) is 3.09. The van der Waals surface area contributed by atoms with Gasteiger partial charge in [0.15, 0.2) is 0 Å². The zero-order chi connectivity index (χ0) is 19.6. The molecule has 0 atom stereocenters.